The second kappa shape index (κ2) is 5.02. The zero-order valence-corrected chi connectivity index (χ0v) is 12.2. The number of rotatable bonds is 4. The lowest BCUT2D eigenvalue weighted by Crippen LogP contribution is -2.12. The Morgan fingerprint density at radius 1 is 1.24 bits per heavy atom. The highest BCUT2D eigenvalue weighted by atomic mass is 16.5. The minimum Gasteiger partial charge on any atom is -0.482 e. The number of nitrogens with one attached hydrogen (secondary N) is 1. The van der Waals surface area contributed by atoms with Crippen molar-refractivity contribution >= 4 is 5.82 Å². The Bertz CT molecular complexity index is 642. The molecule has 21 heavy (non-hydrogen) atoms. The van der Waals surface area contributed by atoms with Crippen LogP contribution in [-0.2, 0) is 6.42 Å². The van der Waals surface area contributed by atoms with Crippen LogP contribution in [0.3, 0.4) is 0 Å². The molecular formula is C17H19N3O. The third kappa shape index (κ3) is 2.46. The fraction of sp³-hybridized carbons (Fsp3) is 0.412. The van der Waals surface area contributed by atoms with E-state index in [-0.39, 0.29) is 6.10 Å². The third-order valence-electron chi connectivity index (χ3n) is 4.05. The van der Waals surface area contributed by atoms with Crippen molar-refractivity contribution in [3.63, 3.8) is 0 Å². The van der Waals surface area contributed by atoms with Gasteiger partial charge < -0.3 is 10.1 Å². The molecule has 1 aliphatic carbocycles. The molecule has 1 unspecified atom stereocenters. The van der Waals surface area contributed by atoms with Crippen molar-refractivity contribution < 1.29 is 4.74 Å². The Kier molecular flexibility index (Phi) is 3.02. The van der Waals surface area contributed by atoms with Crippen molar-refractivity contribution in [3.05, 3.63) is 47.4 Å². The summed E-state index contributed by atoms with van der Waals surface area (Å²) in [5, 5.41) is 3.31. The molecule has 1 saturated carbocycles. The van der Waals surface area contributed by atoms with Crippen molar-refractivity contribution in [2.75, 3.05) is 11.9 Å². The number of anilines is 1. The van der Waals surface area contributed by atoms with Crippen LogP contribution in [0.4, 0.5) is 5.82 Å². The summed E-state index contributed by atoms with van der Waals surface area (Å²) in [5.74, 6) is 3.32. The molecule has 4 rings (SSSR count). The molecule has 1 N–H and O–H groups in total. The van der Waals surface area contributed by atoms with E-state index in [0.717, 1.165) is 36.1 Å². The fourth-order valence-corrected chi connectivity index (χ4v) is 2.82. The number of nitrogens with zero attached hydrogens (tertiary/aromatic N) is 2. The van der Waals surface area contributed by atoms with E-state index in [0.29, 0.717) is 5.92 Å². The SMILES string of the molecule is CCNc1cc(C2CC2)nc(C2Cc3ccccc3O2)n1. The molecule has 0 radical (unpaired) electrons. The second-order valence-corrected chi connectivity index (χ2v) is 5.76. The van der Waals surface area contributed by atoms with E-state index in [2.05, 4.69) is 35.4 Å². The van der Waals surface area contributed by atoms with Crippen LogP contribution >= 0.6 is 0 Å². The molecule has 1 aromatic heterocycles. The van der Waals surface area contributed by atoms with Gasteiger partial charge in [-0.1, -0.05) is 18.2 Å². The van der Waals surface area contributed by atoms with E-state index in [9.17, 15) is 0 Å². The van der Waals surface area contributed by atoms with Gasteiger partial charge in [-0.15, -0.1) is 0 Å². The lowest BCUT2D eigenvalue weighted by molar-refractivity contribution is 0.227. The van der Waals surface area contributed by atoms with Gasteiger partial charge in [0.25, 0.3) is 0 Å². The summed E-state index contributed by atoms with van der Waals surface area (Å²) in [6.45, 7) is 2.95. The Morgan fingerprint density at radius 2 is 2.10 bits per heavy atom. The average molecular weight is 281 g/mol. The molecule has 108 valence electrons. The zero-order valence-electron chi connectivity index (χ0n) is 12.2. The van der Waals surface area contributed by atoms with Crippen molar-refractivity contribution in [3.8, 4) is 5.75 Å². The number of para-hydroxylation sites is 1. The Morgan fingerprint density at radius 3 is 2.86 bits per heavy atom. The maximum absolute atomic E-state index is 6.03. The molecule has 0 amide bonds. The Balaban J connectivity index is 1.65. The maximum Gasteiger partial charge on any atom is 0.172 e. The van der Waals surface area contributed by atoms with Gasteiger partial charge in [0.1, 0.15) is 11.6 Å². The Hall–Kier alpha value is -2.10. The summed E-state index contributed by atoms with van der Waals surface area (Å²) >= 11 is 0. The summed E-state index contributed by atoms with van der Waals surface area (Å²) in [6.07, 6.45) is 3.29. The van der Waals surface area contributed by atoms with Gasteiger partial charge >= 0.3 is 0 Å². The number of fused-ring (bicyclic) bond motifs is 1. The number of ether oxygens (including phenoxy) is 1. The minimum atomic E-state index is -0.0569. The van der Waals surface area contributed by atoms with E-state index >= 15 is 0 Å². The lowest BCUT2D eigenvalue weighted by atomic mass is 10.1. The molecule has 0 bridgehead atoms. The van der Waals surface area contributed by atoms with Crippen LogP contribution in [-0.4, -0.2) is 16.5 Å². The van der Waals surface area contributed by atoms with Crippen LogP contribution < -0.4 is 10.1 Å². The molecule has 1 aromatic carbocycles. The van der Waals surface area contributed by atoms with E-state index in [1.54, 1.807) is 0 Å². The quantitative estimate of drug-likeness (QED) is 0.932. The van der Waals surface area contributed by atoms with Crippen molar-refractivity contribution in [1.29, 1.82) is 0 Å². The summed E-state index contributed by atoms with van der Waals surface area (Å²) < 4.78 is 6.03. The molecule has 0 spiro atoms. The predicted octanol–water partition coefficient (Wildman–Crippen LogP) is 3.46. The van der Waals surface area contributed by atoms with Crippen molar-refractivity contribution in [2.45, 2.75) is 38.2 Å². The number of hydrogen-bond donors (Lipinski definition) is 1. The van der Waals surface area contributed by atoms with Gasteiger partial charge in [0.15, 0.2) is 11.9 Å². The summed E-state index contributed by atoms with van der Waals surface area (Å²) in [5.41, 5.74) is 2.41. The predicted molar refractivity (Wildman–Crippen MR) is 81.7 cm³/mol. The second-order valence-electron chi connectivity index (χ2n) is 5.76. The van der Waals surface area contributed by atoms with Crippen LogP contribution in [0.5, 0.6) is 5.75 Å². The highest BCUT2D eigenvalue weighted by Gasteiger charge is 2.30. The largest absolute Gasteiger partial charge is 0.482 e. The first-order valence-corrected chi connectivity index (χ1v) is 7.71. The minimum absolute atomic E-state index is 0.0569. The molecule has 1 fully saturated rings. The van der Waals surface area contributed by atoms with E-state index in [1.165, 1.54) is 18.4 Å². The molecular weight excluding hydrogens is 262 g/mol. The summed E-state index contributed by atoms with van der Waals surface area (Å²) in [6, 6.07) is 10.3. The third-order valence-corrected chi connectivity index (χ3v) is 4.05. The number of aromatic nitrogens is 2. The number of hydrogen-bond acceptors (Lipinski definition) is 4. The monoisotopic (exact) mass is 281 g/mol. The first-order chi connectivity index (χ1) is 10.3. The van der Waals surface area contributed by atoms with Gasteiger partial charge in [-0.05, 0) is 31.4 Å². The normalized spacial score (nSPS) is 20.0. The van der Waals surface area contributed by atoms with Crippen LogP contribution in [0.25, 0.3) is 0 Å². The molecule has 2 aromatic rings. The maximum atomic E-state index is 6.03. The van der Waals surface area contributed by atoms with Gasteiger partial charge in [0.2, 0.25) is 0 Å². The molecule has 2 heterocycles. The Labute approximate surface area is 124 Å². The topological polar surface area (TPSA) is 47.0 Å². The lowest BCUT2D eigenvalue weighted by Gasteiger charge is -2.13. The number of benzene rings is 1. The highest BCUT2D eigenvalue weighted by Crippen LogP contribution is 2.41. The van der Waals surface area contributed by atoms with E-state index < -0.39 is 0 Å². The van der Waals surface area contributed by atoms with Crippen LogP contribution in [0, 0.1) is 0 Å². The van der Waals surface area contributed by atoms with Crippen LogP contribution in [0.15, 0.2) is 30.3 Å². The molecule has 0 saturated heterocycles. The molecule has 1 aliphatic heterocycles. The molecule has 4 nitrogen and oxygen atoms in total. The first-order valence-electron chi connectivity index (χ1n) is 7.71. The molecule has 2 aliphatic rings. The van der Waals surface area contributed by atoms with Gasteiger partial charge in [0.05, 0.1) is 0 Å². The summed E-state index contributed by atoms with van der Waals surface area (Å²) in [4.78, 5) is 9.42. The van der Waals surface area contributed by atoms with Crippen molar-refractivity contribution in [2.24, 2.45) is 0 Å². The fourth-order valence-electron chi connectivity index (χ4n) is 2.82. The molecule has 1 atom stereocenters. The summed E-state index contributed by atoms with van der Waals surface area (Å²) in [7, 11) is 0. The smallest absolute Gasteiger partial charge is 0.172 e. The van der Waals surface area contributed by atoms with Gasteiger partial charge in [0, 0.05) is 30.6 Å². The first kappa shape index (κ1) is 12.6. The van der Waals surface area contributed by atoms with Crippen molar-refractivity contribution in [1.82, 2.24) is 9.97 Å². The van der Waals surface area contributed by atoms with Gasteiger partial charge in [-0.25, -0.2) is 9.97 Å². The standard InChI is InChI=1S/C17H19N3O/c1-2-18-16-10-13(11-7-8-11)19-17(20-16)15-9-12-5-3-4-6-14(12)21-15/h3-6,10-11,15H,2,7-9H2,1H3,(H,18,19,20). The van der Waals surface area contributed by atoms with Gasteiger partial charge in [-0.2, -0.15) is 0 Å². The van der Waals surface area contributed by atoms with E-state index in [1.807, 2.05) is 12.1 Å². The van der Waals surface area contributed by atoms with E-state index in [4.69, 9.17) is 9.72 Å². The highest BCUT2D eigenvalue weighted by molar-refractivity contribution is 5.41. The average Bonchev–Trinajstić information content (AvgIpc) is 3.26. The molecule has 4 heteroatoms. The van der Waals surface area contributed by atoms with Gasteiger partial charge in [-0.3, -0.25) is 0 Å². The van der Waals surface area contributed by atoms with Crippen LogP contribution in [0.2, 0.25) is 0 Å². The zero-order chi connectivity index (χ0) is 14.2. The van der Waals surface area contributed by atoms with Crippen LogP contribution in [0.1, 0.15) is 48.9 Å².